The summed E-state index contributed by atoms with van der Waals surface area (Å²) in [6.07, 6.45) is 0.737. The van der Waals surface area contributed by atoms with Crippen molar-refractivity contribution in [1.29, 1.82) is 0 Å². The fraction of sp³-hybridized carbons (Fsp3) is 0.391. The molecule has 2 aliphatic rings. The summed E-state index contributed by atoms with van der Waals surface area (Å²) in [4.78, 5) is 28.7. The van der Waals surface area contributed by atoms with Crippen molar-refractivity contribution in [2.24, 2.45) is 0 Å². The zero-order valence-corrected chi connectivity index (χ0v) is 17.3. The molecule has 2 amide bonds. The van der Waals surface area contributed by atoms with E-state index in [1.165, 1.54) is 10.5 Å². The van der Waals surface area contributed by atoms with E-state index in [0.717, 1.165) is 17.7 Å². The van der Waals surface area contributed by atoms with Gasteiger partial charge in [-0.15, -0.1) is 0 Å². The maximum atomic E-state index is 13.0. The van der Waals surface area contributed by atoms with Crippen molar-refractivity contribution in [2.45, 2.75) is 26.8 Å². The summed E-state index contributed by atoms with van der Waals surface area (Å²) < 4.78 is 16.9. The van der Waals surface area contributed by atoms with E-state index >= 15 is 0 Å². The second-order valence-electron chi connectivity index (χ2n) is 7.24. The highest BCUT2D eigenvalue weighted by Crippen LogP contribution is 2.35. The zero-order chi connectivity index (χ0) is 21.1. The number of carbonyl (C=O) groups is 2. The quantitative estimate of drug-likeness (QED) is 0.733. The molecule has 30 heavy (non-hydrogen) atoms. The number of fused-ring (bicyclic) bond motifs is 2. The Kier molecular flexibility index (Phi) is 5.79. The number of ether oxygens (including phenoxy) is 3. The first-order valence-corrected chi connectivity index (χ1v) is 10.3. The van der Waals surface area contributed by atoms with Crippen LogP contribution >= 0.6 is 0 Å². The second kappa shape index (κ2) is 8.65. The van der Waals surface area contributed by atoms with Crippen LogP contribution in [0.15, 0.2) is 36.4 Å². The van der Waals surface area contributed by atoms with Crippen LogP contribution in [-0.4, -0.2) is 49.6 Å². The van der Waals surface area contributed by atoms with E-state index in [1.54, 1.807) is 11.0 Å². The average molecular weight is 410 g/mol. The predicted molar refractivity (Wildman–Crippen MR) is 112 cm³/mol. The Labute approximate surface area is 176 Å². The lowest BCUT2D eigenvalue weighted by molar-refractivity contribution is -0.132. The Hall–Kier alpha value is -3.22. The van der Waals surface area contributed by atoms with E-state index in [9.17, 15) is 9.59 Å². The monoisotopic (exact) mass is 410 g/mol. The average Bonchev–Trinajstić information content (AvgIpc) is 2.76. The largest absolute Gasteiger partial charge is 0.490 e. The third-order valence-corrected chi connectivity index (χ3v) is 5.33. The number of hydrogen-bond acceptors (Lipinski definition) is 5. The van der Waals surface area contributed by atoms with Crippen LogP contribution in [0.2, 0.25) is 0 Å². The van der Waals surface area contributed by atoms with Gasteiger partial charge in [0.15, 0.2) is 18.1 Å². The van der Waals surface area contributed by atoms with Gasteiger partial charge in [-0.2, -0.15) is 0 Å². The molecule has 0 saturated carbocycles. The lowest BCUT2D eigenvalue weighted by atomic mass is 9.98. The topological polar surface area (TPSA) is 68.3 Å². The Bertz CT molecular complexity index is 959. The van der Waals surface area contributed by atoms with Crippen molar-refractivity contribution < 1.29 is 23.8 Å². The van der Waals surface area contributed by atoms with Crippen LogP contribution in [0.5, 0.6) is 17.2 Å². The molecule has 0 saturated heterocycles. The third-order valence-electron chi connectivity index (χ3n) is 5.33. The van der Waals surface area contributed by atoms with Crippen molar-refractivity contribution in [3.63, 3.8) is 0 Å². The Morgan fingerprint density at radius 1 is 1.07 bits per heavy atom. The number of amides is 2. The second-order valence-corrected chi connectivity index (χ2v) is 7.24. The van der Waals surface area contributed by atoms with Crippen molar-refractivity contribution in [3.8, 4) is 17.2 Å². The molecule has 0 aromatic heterocycles. The summed E-state index contributed by atoms with van der Waals surface area (Å²) in [5, 5.41) is 0. The molecular formula is C23H26N2O5. The van der Waals surface area contributed by atoms with E-state index < -0.39 is 0 Å². The highest BCUT2D eigenvalue weighted by atomic mass is 16.5. The first kappa shape index (κ1) is 20.1. The Morgan fingerprint density at radius 2 is 1.77 bits per heavy atom. The van der Waals surface area contributed by atoms with Gasteiger partial charge in [-0.3, -0.25) is 14.5 Å². The van der Waals surface area contributed by atoms with Gasteiger partial charge in [0.05, 0.1) is 18.9 Å². The molecule has 2 heterocycles. The summed E-state index contributed by atoms with van der Waals surface area (Å²) in [5.41, 5.74) is 2.86. The smallest absolute Gasteiger partial charge is 0.265 e. The van der Waals surface area contributed by atoms with Crippen molar-refractivity contribution >= 4 is 17.5 Å². The zero-order valence-electron chi connectivity index (χ0n) is 17.3. The highest BCUT2D eigenvalue weighted by Gasteiger charge is 2.30. The van der Waals surface area contributed by atoms with Crippen LogP contribution in [0.25, 0.3) is 0 Å². The number of para-hydroxylation sites is 2. The highest BCUT2D eigenvalue weighted by molar-refractivity contribution is 6.02. The number of anilines is 1. The lowest BCUT2D eigenvalue weighted by Gasteiger charge is -2.33. The summed E-state index contributed by atoms with van der Waals surface area (Å²) in [6, 6.07) is 11.3. The number of rotatable bonds is 6. The van der Waals surface area contributed by atoms with E-state index in [-0.39, 0.29) is 25.0 Å². The normalized spacial score (nSPS) is 15.2. The molecule has 4 rings (SSSR count). The summed E-state index contributed by atoms with van der Waals surface area (Å²) in [7, 11) is 0. The van der Waals surface area contributed by atoms with Gasteiger partial charge in [-0.05, 0) is 55.7 Å². The lowest BCUT2D eigenvalue weighted by Crippen LogP contribution is -2.47. The maximum absolute atomic E-state index is 13.0. The molecular weight excluding hydrogens is 384 g/mol. The van der Waals surface area contributed by atoms with Crippen molar-refractivity contribution in [2.75, 3.05) is 37.8 Å². The van der Waals surface area contributed by atoms with Crippen LogP contribution in [0, 0.1) is 0 Å². The van der Waals surface area contributed by atoms with E-state index in [0.29, 0.717) is 43.5 Å². The molecule has 7 nitrogen and oxygen atoms in total. The summed E-state index contributed by atoms with van der Waals surface area (Å²) >= 11 is 0. The van der Waals surface area contributed by atoms with Gasteiger partial charge in [0.1, 0.15) is 12.3 Å². The first-order chi connectivity index (χ1) is 14.6. The van der Waals surface area contributed by atoms with Crippen molar-refractivity contribution in [1.82, 2.24) is 4.90 Å². The molecule has 0 N–H and O–H groups in total. The fourth-order valence-electron chi connectivity index (χ4n) is 3.88. The minimum absolute atomic E-state index is 0.00386. The SMILES string of the molecule is CCOc1cc2c(cc1OCC)CN(C(=O)CN1C(=O)COc3ccccc31)CC2. The maximum Gasteiger partial charge on any atom is 0.265 e. The van der Waals surface area contributed by atoms with E-state index in [2.05, 4.69) is 0 Å². The van der Waals surface area contributed by atoms with Crippen molar-refractivity contribution in [3.05, 3.63) is 47.5 Å². The number of carbonyl (C=O) groups excluding carboxylic acids is 2. The number of nitrogens with zero attached hydrogens (tertiary/aromatic N) is 2. The van der Waals surface area contributed by atoms with Crippen LogP contribution in [0.1, 0.15) is 25.0 Å². The van der Waals surface area contributed by atoms with Gasteiger partial charge in [0.2, 0.25) is 5.91 Å². The number of hydrogen-bond donors (Lipinski definition) is 0. The van der Waals surface area contributed by atoms with Crippen LogP contribution in [0.3, 0.4) is 0 Å². The van der Waals surface area contributed by atoms with Gasteiger partial charge in [-0.25, -0.2) is 0 Å². The Morgan fingerprint density at radius 3 is 2.50 bits per heavy atom. The molecule has 7 heteroatoms. The Balaban J connectivity index is 1.51. The number of benzene rings is 2. The van der Waals surface area contributed by atoms with Gasteiger partial charge >= 0.3 is 0 Å². The molecule has 0 unspecified atom stereocenters. The fourth-order valence-corrected chi connectivity index (χ4v) is 3.88. The molecule has 0 atom stereocenters. The molecule has 0 aliphatic carbocycles. The van der Waals surface area contributed by atoms with Gasteiger partial charge < -0.3 is 19.1 Å². The van der Waals surface area contributed by atoms with Gasteiger partial charge in [-0.1, -0.05) is 12.1 Å². The van der Waals surface area contributed by atoms with Gasteiger partial charge in [0, 0.05) is 13.1 Å². The van der Waals surface area contributed by atoms with Crippen LogP contribution in [0.4, 0.5) is 5.69 Å². The summed E-state index contributed by atoms with van der Waals surface area (Å²) in [5.74, 6) is 1.77. The molecule has 2 aromatic rings. The minimum Gasteiger partial charge on any atom is -0.490 e. The van der Waals surface area contributed by atoms with Crippen LogP contribution < -0.4 is 19.1 Å². The molecule has 2 aliphatic heterocycles. The predicted octanol–water partition coefficient (Wildman–Crippen LogP) is 2.79. The minimum atomic E-state index is -0.209. The van der Waals surface area contributed by atoms with Crippen LogP contribution in [-0.2, 0) is 22.6 Å². The molecule has 0 spiro atoms. The van der Waals surface area contributed by atoms with Gasteiger partial charge in [0.25, 0.3) is 5.91 Å². The standard InChI is InChI=1S/C23H26N2O5/c1-3-28-20-11-16-9-10-24(13-17(16)12-21(20)29-4-2)22(26)14-25-18-7-5-6-8-19(18)30-15-23(25)27/h5-8,11-12H,3-4,9-10,13-15H2,1-2H3. The molecule has 0 fully saturated rings. The third kappa shape index (κ3) is 3.92. The first-order valence-electron chi connectivity index (χ1n) is 10.3. The molecule has 158 valence electrons. The van der Waals surface area contributed by atoms with E-state index in [1.807, 2.05) is 44.2 Å². The molecule has 2 aromatic carbocycles. The van der Waals surface area contributed by atoms with E-state index in [4.69, 9.17) is 14.2 Å². The molecule has 0 radical (unpaired) electrons. The molecule has 0 bridgehead atoms. The summed E-state index contributed by atoms with van der Waals surface area (Å²) in [6.45, 7) is 6.03.